The molecule has 1 rings (SSSR count). The Morgan fingerprint density at radius 3 is 3.00 bits per heavy atom. The van der Waals surface area contributed by atoms with Gasteiger partial charge >= 0.3 is 0 Å². The number of nitrogens with zero attached hydrogens (tertiary/aromatic N) is 1. The van der Waals surface area contributed by atoms with Gasteiger partial charge in [0.05, 0.1) is 0 Å². The molecule has 1 aromatic heterocycles. The molecule has 0 saturated carbocycles. The second-order valence-corrected chi connectivity index (χ2v) is 3.04. The summed E-state index contributed by atoms with van der Waals surface area (Å²) in [6.45, 7) is 5.77. The molecule has 2 heteroatoms. The van der Waals surface area contributed by atoms with Gasteiger partial charge in [0, 0.05) is 17.9 Å². The van der Waals surface area contributed by atoms with Crippen LogP contribution in [0.3, 0.4) is 0 Å². The van der Waals surface area contributed by atoms with E-state index in [2.05, 4.69) is 22.9 Å². The summed E-state index contributed by atoms with van der Waals surface area (Å²) < 4.78 is 0. The summed E-state index contributed by atoms with van der Waals surface area (Å²) in [5.41, 5.74) is 2.34. The van der Waals surface area contributed by atoms with Crippen LogP contribution >= 0.6 is 0 Å². The fraction of sp³-hybridized carbons (Fsp3) is 0.364. The van der Waals surface area contributed by atoms with Crippen LogP contribution in [0, 0.1) is 6.92 Å². The molecule has 70 valence electrons. The fourth-order valence-electron chi connectivity index (χ4n) is 1.43. The van der Waals surface area contributed by atoms with Crippen molar-refractivity contribution in [3.05, 3.63) is 42.2 Å². The third-order valence-corrected chi connectivity index (χ3v) is 2.17. The third kappa shape index (κ3) is 2.39. The van der Waals surface area contributed by atoms with Gasteiger partial charge in [0.25, 0.3) is 0 Å². The first-order chi connectivity index (χ1) is 6.29. The Balaban J connectivity index is 2.90. The zero-order chi connectivity index (χ0) is 9.68. The number of aromatic nitrogens is 1. The Bertz CT molecular complexity index is 281. The average Bonchev–Trinajstić information content (AvgIpc) is 2.16. The quantitative estimate of drug-likeness (QED) is 0.711. The number of aryl methyl sites for hydroxylation is 1. The second-order valence-electron chi connectivity index (χ2n) is 3.04. The number of hydrogen-bond donors (Lipinski definition) is 1. The largest absolute Gasteiger partial charge is 0.313 e. The molecular formula is C11H16N2. The Morgan fingerprint density at radius 2 is 2.46 bits per heavy atom. The first kappa shape index (κ1) is 9.93. The van der Waals surface area contributed by atoms with E-state index in [1.54, 1.807) is 0 Å². The predicted octanol–water partition coefficient (Wildman–Crippen LogP) is 2.23. The summed E-state index contributed by atoms with van der Waals surface area (Å²) in [7, 11) is 1.96. The van der Waals surface area contributed by atoms with Gasteiger partial charge in [-0.15, -0.1) is 6.58 Å². The molecule has 1 heterocycles. The first-order valence-electron chi connectivity index (χ1n) is 4.49. The maximum absolute atomic E-state index is 4.26. The molecule has 13 heavy (non-hydrogen) atoms. The summed E-state index contributed by atoms with van der Waals surface area (Å²) in [5, 5.41) is 3.25. The molecular weight excluding hydrogens is 160 g/mol. The summed E-state index contributed by atoms with van der Waals surface area (Å²) in [5.74, 6) is 0. The van der Waals surface area contributed by atoms with Crippen molar-refractivity contribution in [1.82, 2.24) is 10.3 Å². The number of nitrogens with one attached hydrogen (secondary N) is 1. The van der Waals surface area contributed by atoms with Gasteiger partial charge in [0.2, 0.25) is 0 Å². The normalized spacial score (nSPS) is 12.5. The van der Waals surface area contributed by atoms with E-state index in [1.807, 2.05) is 32.3 Å². The topological polar surface area (TPSA) is 24.9 Å². The second kappa shape index (κ2) is 4.77. The maximum Gasteiger partial charge on any atom is 0.0420 e. The van der Waals surface area contributed by atoms with Crippen LogP contribution in [0.1, 0.15) is 23.7 Å². The van der Waals surface area contributed by atoms with E-state index >= 15 is 0 Å². The highest BCUT2D eigenvalue weighted by molar-refractivity contribution is 5.22. The van der Waals surface area contributed by atoms with Crippen LogP contribution in [-0.4, -0.2) is 12.0 Å². The minimum Gasteiger partial charge on any atom is -0.313 e. The lowest BCUT2D eigenvalue weighted by Gasteiger charge is -2.15. The molecule has 0 saturated heterocycles. The molecule has 0 aliphatic rings. The van der Waals surface area contributed by atoms with Crippen molar-refractivity contribution in [2.45, 2.75) is 19.4 Å². The van der Waals surface area contributed by atoms with Crippen LogP contribution in [0.5, 0.6) is 0 Å². The minimum atomic E-state index is 0.339. The molecule has 0 aromatic carbocycles. The van der Waals surface area contributed by atoms with Crippen molar-refractivity contribution in [2.75, 3.05) is 7.05 Å². The van der Waals surface area contributed by atoms with Crippen LogP contribution in [0.2, 0.25) is 0 Å². The minimum absolute atomic E-state index is 0.339. The smallest absolute Gasteiger partial charge is 0.0420 e. The van der Waals surface area contributed by atoms with E-state index in [0.29, 0.717) is 6.04 Å². The van der Waals surface area contributed by atoms with Gasteiger partial charge < -0.3 is 5.32 Å². The van der Waals surface area contributed by atoms with Crippen molar-refractivity contribution in [3.63, 3.8) is 0 Å². The van der Waals surface area contributed by atoms with Crippen LogP contribution in [0.25, 0.3) is 0 Å². The molecule has 0 radical (unpaired) electrons. The summed E-state index contributed by atoms with van der Waals surface area (Å²) in [4.78, 5) is 4.26. The van der Waals surface area contributed by atoms with E-state index < -0.39 is 0 Å². The molecule has 1 unspecified atom stereocenters. The maximum atomic E-state index is 4.26. The van der Waals surface area contributed by atoms with Gasteiger partial charge in [-0.05, 0) is 32.0 Å². The summed E-state index contributed by atoms with van der Waals surface area (Å²) in [6.07, 6.45) is 4.68. The lowest BCUT2D eigenvalue weighted by Crippen LogP contribution is -2.16. The zero-order valence-corrected chi connectivity index (χ0v) is 8.25. The van der Waals surface area contributed by atoms with E-state index in [-0.39, 0.29) is 0 Å². The first-order valence-corrected chi connectivity index (χ1v) is 4.49. The molecule has 1 aromatic rings. The molecule has 1 N–H and O–H groups in total. The standard InChI is InChI=1S/C11H16N2/c1-4-6-11(12-3)10-7-5-8-13-9(10)2/h4-5,7-8,11-12H,1,6H2,2-3H3. The molecule has 0 aliphatic heterocycles. The zero-order valence-electron chi connectivity index (χ0n) is 8.25. The van der Waals surface area contributed by atoms with E-state index in [9.17, 15) is 0 Å². The monoisotopic (exact) mass is 176 g/mol. The van der Waals surface area contributed by atoms with Crippen LogP contribution in [0.15, 0.2) is 31.0 Å². The van der Waals surface area contributed by atoms with Gasteiger partial charge in [-0.25, -0.2) is 0 Å². The highest BCUT2D eigenvalue weighted by Crippen LogP contribution is 2.18. The van der Waals surface area contributed by atoms with Crippen molar-refractivity contribution in [2.24, 2.45) is 0 Å². The highest BCUT2D eigenvalue weighted by Gasteiger charge is 2.09. The molecule has 0 fully saturated rings. The van der Waals surface area contributed by atoms with E-state index in [1.165, 1.54) is 5.56 Å². The Hall–Kier alpha value is -1.15. The highest BCUT2D eigenvalue weighted by atomic mass is 14.9. The van der Waals surface area contributed by atoms with Crippen molar-refractivity contribution in [1.29, 1.82) is 0 Å². The molecule has 0 amide bonds. The lowest BCUT2D eigenvalue weighted by molar-refractivity contribution is 0.597. The van der Waals surface area contributed by atoms with Gasteiger partial charge in [0.15, 0.2) is 0 Å². The number of rotatable bonds is 4. The molecule has 1 atom stereocenters. The van der Waals surface area contributed by atoms with E-state index in [4.69, 9.17) is 0 Å². The van der Waals surface area contributed by atoms with Gasteiger partial charge in [-0.3, -0.25) is 4.98 Å². The molecule has 0 aliphatic carbocycles. The Kier molecular flexibility index (Phi) is 3.65. The molecule has 0 spiro atoms. The third-order valence-electron chi connectivity index (χ3n) is 2.17. The van der Waals surface area contributed by atoms with Gasteiger partial charge in [-0.1, -0.05) is 12.1 Å². The lowest BCUT2D eigenvalue weighted by atomic mass is 10.0. The molecule has 0 bridgehead atoms. The number of pyridine rings is 1. The Labute approximate surface area is 79.7 Å². The fourth-order valence-corrected chi connectivity index (χ4v) is 1.43. The van der Waals surface area contributed by atoms with E-state index in [0.717, 1.165) is 12.1 Å². The summed E-state index contributed by atoms with van der Waals surface area (Å²) in [6, 6.07) is 4.41. The average molecular weight is 176 g/mol. The number of hydrogen-bond acceptors (Lipinski definition) is 2. The van der Waals surface area contributed by atoms with Gasteiger partial charge in [0.1, 0.15) is 0 Å². The molecule has 2 nitrogen and oxygen atoms in total. The van der Waals surface area contributed by atoms with Crippen molar-refractivity contribution in [3.8, 4) is 0 Å². The Morgan fingerprint density at radius 1 is 1.69 bits per heavy atom. The van der Waals surface area contributed by atoms with Crippen molar-refractivity contribution >= 4 is 0 Å². The van der Waals surface area contributed by atoms with Crippen LogP contribution < -0.4 is 5.32 Å². The van der Waals surface area contributed by atoms with Crippen LogP contribution in [0.4, 0.5) is 0 Å². The van der Waals surface area contributed by atoms with Crippen molar-refractivity contribution < 1.29 is 0 Å². The SMILES string of the molecule is C=CCC(NC)c1cccnc1C. The summed E-state index contributed by atoms with van der Waals surface area (Å²) >= 11 is 0. The van der Waals surface area contributed by atoms with Crippen LogP contribution in [-0.2, 0) is 0 Å². The van der Waals surface area contributed by atoms with Gasteiger partial charge in [-0.2, -0.15) is 0 Å². The predicted molar refractivity (Wildman–Crippen MR) is 55.6 cm³/mol.